The summed E-state index contributed by atoms with van der Waals surface area (Å²) in [5.41, 5.74) is 4.03. The van der Waals surface area contributed by atoms with Gasteiger partial charge in [0.25, 0.3) is 0 Å². The van der Waals surface area contributed by atoms with Crippen molar-refractivity contribution in [3.8, 4) is 11.6 Å². The number of nitrogens with zero attached hydrogens (tertiary/aromatic N) is 3. The molecule has 0 radical (unpaired) electrons. The van der Waals surface area contributed by atoms with Gasteiger partial charge in [-0.15, -0.1) is 0 Å². The topological polar surface area (TPSA) is 74.7 Å². The van der Waals surface area contributed by atoms with Crippen molar-refractivity contribution in [1.82, 2.24) is 19.9 Å². The van der Waals surface area contributed by atoms with E-state index in [0.29, 0.717) is 0 Å². The van der Waals surface area contributed by atoms with Gasteiger partial charge in [0.2, 0.25) is 5.82 Å². The molecule has 20 heavy (non-hydrogen) atoms. The van der Waals surface area contributed by atoms with Gasteiger partial charge in [0, 0.05) is 18.8 Å². The maximum atomic E-state index is 4.59. The van der Waals surface area contributed by atoms with Gasteiger partial charge < -0.3 is 9.88 Å². The Kier molecular flexibility index (Phi) is 2.48. The summed E-state index contributed by atoms with van der Waals surface area (Å²) < 4.78 is 0. The van der Waals surface area contributed by atoms with E-state index in [1.54, 1.807) is 0 Å². The third-order valence-corrected chi connectivity index (χ3v) is 3.79. The van der Waals surface area contributed by atoms with Gasteiger partial charge in [-0.1, -0.05) is 0 Å². The number of aromatic nitrogens is 5. The summed E-state index contributed by atoms with van der Waals surface area (Å²) in [5.74, 6) is 1.66. The zero-order valence-corrected chi connectivity index (χ0v) is 11.4. The summed E-state index contributed by atoms with van der Waals surface area (Å²) in [4.78, 5) is 21.2. The van der Waals surface area contributed by atoms with Crippen molar-refractivity contribution in [2.45, 2.75) is 19.8 Å². The van der Waals surface area contributed by atoms with Crippen molar-refractivity contribution >= 4 is 16.9 Å². The molecule has 1 fully saturated rings. The fourth-order valence-corrected chi connectivity index (χ4v) is 2.85. The largest absolute Gasteiger partial charge is 0.370 e. The Hall–Kier alpha value is -2.37. The molecule has 0 amide bonds. The number of anilines is 1. The Labute approximate surface area is 116 Å². The van der Waals surface area contributed by atoms with Crippen molar-refractivity contribution in [2.24, 2.45) is 0 Å². The zero-order chi connectivity index (χ0) is 13.5. The number of hydrogen-bond donors (Lipinski definition) is 2. The fraction of sp³-hybridized carbons (Fsp3) is 0.357. The van der Waals surface area contributed by atoms with E-state index in [-0.39, 0.29) is 0 Å². The highest BCUT2D eigenvalue weighted by Crippen LogP contribution is 2.29. The number of aryl methyl sites for hydroxylation is 1. The zero-order valence-electron chi connectivity index (χ0n) is 11.4. The van der Waals surface area contributed by atoms with Crippen LogP contribution in [0.4, 0.5) is 5.69 Å². The first-order valence-electron chi connectivity index (χ1n) is 6.99. The van der Waals surface area contributed by atoms with Gasteiger partial charge >= 0.3 is 5.82 Å². The summed E-state index contributed by atoms with van der Waals surface area (Å²) in [6.07, 6.45) is 6.22. The molecule has 3 aromatic rings. The molecule has 1 aliphatic rings. The number of aromatic amines is 3. The second-order valence-electron chi connectivity index (χ2n) is 5.26. The van der Waals surface area contributed by atoms with Gasteiger partial charge in [0.05, 0.1) is 5.69 Å². The number of nitrogens with one attached hydrogen (secondary N) is 3. The van der Waals surface area contributed by atoms with Crippen LogP contribution < -0.4 is 9.88 Å². The molecule has 3 aromatic heterocycles. The van der Waals surface area contributed by atoms with Gasteiger partial charge in [-0.05, 0) is 25.8 Å². The summed E-state index contributed by atoms with van der Waals surface area (Å²) in [5, 5.41) is 0. The van der Waals surface area contributed by atoms with Crippen LogP contribution in [0.15, 0.2) is 18.5 Å². The average molecular weight is 269 g/mol. The van der Waals surface area contributed by atoms with E-state index in [4.69, 9.17) is 0 Å². The molecule has 0 spiro atoms. The molecule has 4 rings (SSSR count). The predicted octanol–water partition coefficient (Wildman–Crippen LogP) is 1.68. The molecule has 1 saturated heterocycles. The second-order valence-corrected chi connectivity index (χ2v) is 5.26. The molecule has 0 aromatic carbocycles. The van der Waals surface area contributed by atoms with Gasteiger partial charge in [-0.25, -0.2) is 19.9 Å². The van der Waals surface area contributed by atoms with Gasteiger partial charge in [0.15, 0.2) is 5.65 Å². The lowest BCUT2D eigenvalue weighted by molar-refractivity contribution is -0.362. The number of pyridine rings is 1. The molecule has 6 heteroatoms. The molecule has 6 nitrogen and oxygen atoms in total. The molecule has 0 aliphatic carbocycles. The maximum Gasteiger partial charge on any atom is 0.320 e. The second kappa shape index (κ2) is 4.33. The molecule has 0 unspecified atom stereocenters. The monoisotopic (exact) mass is 269 g/mol. The summed E-state index contributed by atoms with van der Waals surface area (Å²) in [7, 11) is 0. The first-order valence-corrected chi connectivity index (χ1v) is 6.99. The highest BCUT2D eigenvalue weighted by Gasteiger charge is 2.20. The average Bonchev–Trinajstić information content (AvgIpc) is 3.18. The number of H-pyrrole nitrogens is 3. The predicted molar refractivity (Wildman–Crippen MR) is 76.4 cm³/mol. The quantitative estimate of drug-likeness (QED) is 0.743. The number of rotatable bonds is 2. The van der Waals surface area contributed by atoms with Crippen molar-refractivity contribution in [3.63, 3.8) is 0 Å². The molecular weight excluding hydrogens is 252 g/mol. The van der Waals surface area contributed by atoms with Crippen molar-refractivity contribution in [2.75, 3.05) is 18.0 Å². The SMILES string of the molecule is Cc1cc(N2CCCC2)c2[nH]c(-c3[nH]cc[nH+]3)nc2n1. The smallest absolute Gasteiger partial charge is 0.320 e. The van der Waals surface area contributed by atoms with E-state index >= 15 is 0 Å². The van der Waals surface area contributed by atoms with Crippen LogP contribution in [0.5, 0.6) is 0 Å². The lowest BCUT2D eigenvalue weighted by atomic mass is 10.3. The normalized spacial score (nSPS) is 15.3. The van der Waals surface area contributed by atoms with Gasteiger partial charge in [-0.2, -0.15) is 0 Å². The summed E-state index contributed by atoms with van der Waals surface area (Å²) in [6.45, 7) is 4.25. The van der Waals surface area contributed by atoms with Crippen molar-refractivity contribution in [3.05, 3.63) is 24.2 Å². The lowest BCUT2D eigenvalue weighted by Crippen LogP contribution is -2.18. The number of hydrogen-bond acceptors (Lipinski definition) is 3. The third kappa shape index (κ3) is 1.76. The van der Waals surface area contributed by atoms with Crippen molar-refractivity contribution < 1.29 is 4.98 Å². The Bertz CT molecular complexity index is 736. The molecular formula is C14H17N6+. The lowest BCUT2D eigenvalue weighted by Gasteiger charge is -2.18. The Morgan fingerprint density at radius 2 is 2.10 bits per heavy atom. The van der Waals surface area contributed by atoms with E-state index < -0.39 is 0 Å². The third-order valence-electron chi connectivity index (χ3n) is 3.79. The van der Waals surface area contributed by atoms with E-state index in [9.17, 15) is 0 Å². The molecule has 1 aliphatic heterocycles. The standard InChI is InChI=1S/C14H16N6/c1-9-8-10(20-6-2-3-7-20)11-12(17-9)19-14(18-11)13-15-4-5-16-13/h4-5,8H,2-3,6-7H2,1H3,(H,15,16)(H,17,18,19)/p+1. The van der Waals surface area contributed by atoms with Crippen molar-refractivity contribution in [1.29, 1.82) is 0 Å². The molecule has 4 heterocycles. The Balaban J connectivity index is 1.90. The van der Waals surface area contributed by atoms with E-state index in [0.717, 1.165) is 41.6 Å². The molecule has 3 N–H and O–H groups in total. The van der Waals surface area contributed by atoms with Gasteiger partial charge in [0.1, 0.15) is 17.9 Å². The first-order chi connectivity index (χ1) is 9.81. The minimum absolute atomic E-state index is 0.782. The highest BCUT2D eigenvalue weighted by atomic mass is 15.2. The maximum absolute atomic E-state index is 4.59. The van der Waals surface area contributed by atoms with Gasteiger partial charge in [-0.3, -0.25) is 0 Å². The van der Waals surface area contributed by atoms with Crippen LogP contribution >= 0.6 is 0 Å². The van der Waals surface area contributed by atoms with E-state index in [2.05, 4.69) is 35.9 Å². The first kappa shape index (κ1) is 11.5. The fourth-order valence-electron chi connectivity index (χ4n) is 2.85. The van der Waals surface area contributed by atoms with Crippen LogP contribution in [-0.4, -0.2) is 33.0 Å². The minimum atomic E-state index is 0.782. The Morgan fingerprint density at radius 3 is 2.85 bits per heavy atom. The molecule has 102 valence electrons. The number of imidazole rings is 2. The summed E-state index contributed by atoms with van der Waals surface area (Å²) >= 11 is 0. The Morgan fingerprint density at radius 1 is 1.25 bits per heavy atom. The molecule has 0 saturated carbocycles. The van der Waals surface area contributed by atoms with E-state index in [1.807, 2.05) is 19.3 Å². The number of fused-ring (bicyclic) bond motifs is 1. The van der Waals surface area contributed by atoms with E-state index in [1.165, 1.54) is 18.5 Å². The van der Waals surface area contributed by atoms with Crippen LogP contribution in [-0.2, 0) is 0 Å². The molecule has 0 atom stereocenters. The minimum Gasteiger partial charge on any atom is -0.370 e. The van der Waals surface area contributed by atoms with Crippen LogP contribution in [0.3, 0.4) is 0 Å². The van der Waals surface area contributed by atoms with Crippen LogP contribution in [0.25, 0.3) is 22.8 Å². The molecule has 0 bridgehead atoms. The van der Waals surface area contributed by atoms with Crippen LogP contribution in [0, 0.1) is 6.92 Å². The highest BCUT2D eigenvalue weighted by molar-refractivity contribution is 5.88. The summed E-state index contributed by atoms with van der Waals surface area (Å²) in [6, 6.07) is 2.15. The van der Waals surface area contributed by atoms with Crippen LogP contribution in [0.1, 0.15) is 18.5 Å². The van der Waals surface area contributed by atoms with Crippen LogP contribution in [0.2, 0.25) is 0 Å².